The third-order valence-corrected chi connectivity index (χ3v) is 4.09. The van der Waals surface area contributed by atoms with E-state index in [1.54, 1.807) is 24.3 Å². The Morgan fingerprint density at radius 2 is 2.05 bits per heavy atom. The van der Waals surface area contributed by atoms with Crippen molar-refractivity contribution < 1.29 is 4.79 Å². The number of hydrogen-bond donors (Lipinski definition) is 2. The lowest BCUT2D eigenvalue weighted by atomic mass is 10.1. The first kappa shape index (κ1) is 14.6. The number of nitrogens with two attached hydrogens (primary N) is 1. The summed E-state index contributed by atoms with van der Waals surface area (Å²) in [7, 11) is 0. The molecule has 0 amide bonds. The normalized spacial score (nSPS) is 11.0. The predicted molar refractivity (Wildman–Crippen MR) is 84.5 cm³/mol. The number of H-pyrrole nitrogens is 1. The Morgan fingerprint density at radius 1 is 1.32 bits per heavy atom. The smallest absolute Gasteiger partial charge is 0.254 e. The van der Waals surface area contributed by atoms with Gasteiger partial charge in [-0.2, -0.15) is 0 Å². The maximum Gasteiger partial charge on any atom is 0.254 e. The summed E-state index contributed by atoms with van der Waals surface area (Å²) >= 11 is 6.98. The fourth-order valence-electron chi connectivity index (χ4n) is 1.87. The van der Waals surface area contributed by atoms with Gasteiger partial charge in [0, 0.05) is 16.7 Å². The van der Waals surface area contributed by atoms with Crippen molar-refractivity contribution in [2.24, 2.45) is 0 Å². The molecule has 22 heavy (non-hydrogen) atoms. The molecule has 0 aliphatic carbocycles. The van der Waals surface area contributed by atoms with Crippen molar-refractivity contribution in [1.82, 2.24) is 19.6 Å². The molecule has 112 valence electrons. The van der Waals surface area contributed by atoms with Crippen molar-refractivity contribution in [2.75, 3.05) is 11.5 Å². The van der Waals surface area contributed by atoms with Gasteiger partial charge in [0.15, 0.2) is 10.9 Å². The molecule has 0 spiro atoms. The summed E-state index contributed by atoms with van der Waals surface area (Å²) < 4.78 is 1.49. The molecule has 7 nitrogen and oxygen atoms in total. The number of thioether (sulfide) groups is 1. The monoisotopic (exact) mass is 335 g/mol. The lowest BCUT2D eigenvalue weighted by Gasteiger charge is -2.03. The number of rotatable bonds is 4. The van der Waals surface area contributed by atoms with E-state index in [4.69, 9.17) is 17.3 Å². The molecule has 9 heteroatoms. The minimum absolute atomic E-state index is 0.0681. The quantitative estimate of drug-likeness (QED) is 0.554. The van der Waals surface area contributed by atoms with Crippen LogP contribution in [0, 0.1) is 0 Å². The number of fused-ring (bicyclic) bond motifs is 1. The van der Waals surface area contributed by atoms with Gasteiger partial charge in [-0.3, -0.25) is 14.6 Å². The van der Waals surface area contributed by atoms with Gasteiger partial charge in [0.1, 0.15) is 5.82 Å². The van der Waals surface area contributed by atoms with Crippen LogP contribution in [0.25, 0.3) is 5.78 Å². The van der Waals surface area contributed by atoms with Gasteiger partial charge >= 0.3 is 0 Å². The summed E-state index contributed by atoms with van der Waals surface area (Å²) in [6.45, 7) is 0. The van der Waals surface area contributed by atoms with Crippen LogP contribution in [0.4, 0.5) is 5.82 Å². The van der Waals surface area contributed by atoms with Crippen LogP contribution in [-0.2, 0) is 0 Å². The number of nitrogens with one attached hydrogen (secondary N) is 1. The fraction of sp³-hybridized carbons (Fsp3) is 0.0769. The third-order valence-electron chi connectivity index (χ3n) is 2.90. The van der Waals surface area contributed by atoms with E-state index in [9.17, 15) is 9.59 Å². The zero-order valence-corrected chi connectivity index (χ0v) is 12.7. The number of hydrogen-bond acceptors (Lipinski definition) is 6. The van der Waals surface area contributed by atoms with Crippen LogP contribution in [0.2, 0.25) is 5.02 Å². The highest BCUT2D eigenvalue weighted by atomic mass is 35.5. The molecule has 2 aromatic heterocycles. The summed E-state index contributed by atoms with van der Waals surface area (Å²) in [5.41, 5.74) is 5.99. The predicted octanol–water partition coefficient (Wildman–Crippen LogP) is 1.63. The molecular weight excluding hydrogens is 326 g/mol. The molecule has 0 unspecified atom stereocenters. The van der Waals surface area contributed by atoms with E-state index in [0.29, 0.717) is 15.7 Å². The van der Waals surface area contributed by atoms with Gasteiger partial charge in [-0.1, -0.05) is 23.4 Å². The molecule has 0 atom stereocenters. The number of aromatic nitrogens is 4. The Labute approximate surface area is 133 Å². The number of halogens is 1. The number of ketones is 1. The first-order valence-corrected chi connectivity index (χ1v) is 7.56. The van der Waals surface area contributed by atoms with Crippen molar-refractivity contribution in [3.8, 4) is 0 Å². The molecule has 0 aliphatic rings. The molecule has 3 N–H and O–H groups in total. The molecule has 0 aliphatic heterocycles. The Balaban J connectivity index is 1.81. The number of carbonyl (C=O) groups excluding carboxylic acids is 1. The van der Waals surface area contributed by atoms with Crippen LogP contribution in [0.5, 0.6) is 0 Å². The zero-order valence-electron chi connectivity index (χ0n) is 11.1. The Bertz CT molecular complexity index is 903. The highest BCUT2D eigenvalue weighted by Crippen LogP contribution is 2.20. The second-order valence-electron chi connectivity index (χ2n) is 4.42. The summed E-state index contributed by atoms with van der Waals surface area (Å²) in [4.78, 5) is 25.9. The second kappa shape index (κ2) is 5.82. The highest BCUT2D eigenvalue weighted by Gasteiger charge is 2.13. The van der Waals surface area contributed by atoms with Crippen molar-refractivity contribution in [3.05, 3.63) is 51.3 Å². The zero-order chi connectivity index (χ0) is 15.7. The van der Waals surface area contributed by atoms with Crippen molar-refractivity contribution in [1.29, 1.82) is 0 Å². The van der Waals surface area contributed by atoms with Gasteiger partial charge in [-0.25, -0.2) is 4.40 Å². The van der Waals surface area contributed by atoms with Gasteiger partial charge in [0.05, 0.1) is 5.75 Å². The number of aromatic amines is 1. The van der Waals surface area contributed by atoms with E-state index in [0.717, 1.165) is 0 Å². The highest BCUT2D eigenvalue weighted by molar-refractivity contribution is 7.99. The molecule has 0 bridgehead atoms. The molecule has 3 aromatic rings. The van der Waals surface area contributed by atoms with E-state index >= 15 is 0 Å². The van der Waals surface area contributed by atoms with E-state index in [2.05, 4.69) is 15.2 Å². The summed E-state index contributed by atoms with van der Waals surface area (Å²) in [6, 6.07) is 7.89. The third kappa shape index (κ3) is 2.83. The summed E-state index contributed by atoms with van der Waals surface area (Å²) in [5.74, 6) is 0.555. The average molecular weight is 336 g/mol. The van der Waals surface area contributed by atoms with Gasteiger partial charge in [0.25, 0.3) is 5.56 Å². The van der Waals surface area contributed by atoms with Gasteiger partial charge < -0.3 is 5.73 Å². The van der Waals surface area contributed by atoms with E-state index < -0.39 is 0 Å². The number of benzene rings is 1. The summed E-state index contributed by atoms with van der Waals surface area (Å²) in [6.07, 6.45) is 0. The minimum atomic E-state index is -0.355. The molecule has 1 aromatic carbocycles. The van der Waals surface area contributed by atoms with Gasteiger partial charge in [-0.15, -0.1) is 10.2 Å². The molecule has 0 saturated carbocycles. The van der Waals surface area contributed by atoms with E-state index in [-0.39, 0.29) is 28.7 Å². The lowest BCUT2D eigenvalue weighted by molar-refractivity contribution is 0.102. The molecule has 0 radical (unpaired) electrons. The van der Waals surface area contributed by atoms with Crippen LogP contribution < -0.4 is 11.3 Å². The van der Waals surface area contributed by atoms with Gasteiger partial charge in [0.2, 0.25) is 5.78 Å². The molecular formula is C13H10ClN5O2S. The number of Topliss-reactive ketones (excluding diaryl/α,β-unsaturated/α-hetero) is 1. The van der Waals surface area contributed by atoms with Crippen LogP contribution in [0.15, 0.2) is 40.3 Å². The second-order valence-corrected chi connectivity index (χ2v) is 5.80. The molecule has 0 fully saturated rings. The van der Waals surface area contributed by atoms with Crippen LogP contribution in [0.3, 0.4) is 0 Å². The Hall–Kier alpha value is -2.32. The lowest BCUT2D eigenvalue weighted by Crippen LogP contribution is -2.11. The summed E-state index contributed by atoms with van der Waals surface area (Å²) in [5, 5.41) is 8.77. The number of anilines is 1. The molecule has 0 saturated heterocycles. The topological polar surface area (TPSA) is 106 Å². The van der Waals surface area contributed by atoms with Crippen molar-refractivity contribution in [2.45, 2.75) is 5.16 Å². The van der Waals surface area contributed by atoms with Gasteiger partial charge in [-0.05, 0) is 24.3 Å². The van der Waals surface area contributed by atoms with Crippen LogP contribution in [-0.4, -0.2) is 31.1 Å². The maximum atomic E-state index is 12.1. The number of nitrogen functional groups attached to an aromatic ring is 1. The Kier molecular flexibility index (Phi) is 3.86. The maximum absolute atomic E-state index is 12.1. The fourth-order valence-corrected chi connectivity index (χ4v) is 2.84. The van der Waals surface area contributed by atoms with Crippen molar-refractivity contribution >= 4 is 40.7 Å². The van der Waals surface area contributed by atoms with E-state index in [1.807, 2.05) is 0 Å². The van der Waals surface area contributed by atoms with E-state index in [1.165, 1.54) is 22.2 Å². The Morgan fingerprint density at radius 3 is 2.77 bits per heavy atom. The average Bonchev–Trinajstić information content (AvgIpc) is 2.88. The first-order valence-electron chi connectivity index (χ1n) is 6.20. The van der Waals surface area contributed by atoms with Crippen LogP contribution in [0.1, 0.15) is 10.4 Å². The molecule has 3 rings (SSSR count). The SMILES string of the molecule is Nc1cc(=O)[nH]c2nnc(SCC(=O)c3ccc(Cl)cc3)n12. The van der Waals surface area contributed by atoms with Crippen molar-refractivity contribution in [3.63, 3.8) is 0 Å². The first-order chi connectivity index (χ1) is 10.5. The number of nitrogens with zero attached hydrogens (tertiary/aromatic N) is 3. The minimum Gasteiger partial charge on any atom is -0.385 e. The number of carbonyl (C=O) groups is 1. The standard InChI is InChI=1S/C13H10ClN5O2S/c14-8-3-1-7(2-4-8)9(20)6-22-13-18-17-12-16-11(21)5-10(15)19(12)13/h1-5H,6,15H2,(H,16,17,21). The van der Waals surface area contributed by atoms with Crippen LogP contribution >= 0.6 is 23.4 Å². The largest absolute Gasteiger partial charge is 0.385 e. The molecule has 2 heterocycles.